The molecule has 0 spiro atoms. The molecule has 3 nitrogen and oxygen atoms in total. The molecule has 0 saturated heterocycles. The van der Waals surface area contributed by atoms with Crippen LogP contribution in [0.1, 0.15) is 20.3 Å². The van der Waals surface area contributed by atoms with Gasteiger partial charge in [-0.05, 0) is 19.5 Å². The molecule has 68 valence electrons. The Morgan fingerprint density at radius 3 is 2.36 bits per heavy atom. The predicted molar refractivity (Wildman–Crippen MR) is 45.5 cm³/mol. The summed E-state index contributed by atoms with van der Waals surface area (Å²) < 4.78 is 0. The van der Waals surface area contributed by atoms with Crippen molar-refractivity contribution in [2.75, 3.05) is 26.2 Å². The van der Waals surface area contributed by atoms with Crippen LogP contribution in [0.25, 0.3) is 0 Å². The molecule has 0 fully saturated rings. The molecule has 0 amide bonds. The molecule has 3 heteroatoms. The molecular formula is C8H19NO2. The summed E-state index contributed by atoms with van der Waals surface area (Å²) >= 11 is 0. The lowest BCUT2D eigenvalue weighted by atomic mass is 10.3. The third-order valence-corrected chi connectivity index (χ3v) is 1.67. The van der Waals surface area contributed by atoms with Crippen molar-refractivity contribution < 1.29 is 10.2 Å². The van der Waals surface area contributed by atoms with Crippen molar-refractivity contribution in [3.63, 3.8) is 0 Å². The van der Waals surface area contributed by atoms with Crippen LogP contribution >= 0.6 is 0 Å². The molecular weight excluding hydrogens is 142 g/mol. The van der Waals surface area contributed by atoms with Crippen LogP contribution in [0.5, 0.6) is 0 Å². The Balaban J connectivity index is 3.49. The summed E-state index contributed by atoms with van der Waals surface area (Å²) in [5.74, 6) is 0. The topological polar surface area (TPSA) is 43.7 Å². The lowest BCUT2D eigenvalue weighted by molar-refractivity contribution is 0.0607. The van der Waals surface area contributed by atoms with Crippen LogP contribution in [0.3, 0.4) is 0 Å². The second-order valence-corrected chi connectivity index (χ2v) is 2.73. The first-order chi connectivity index (χ1) is 5.24. The molecule has 11 heavy (non-hydrogen) atoms. The molecule has 0 aliphatic carbocycles. The van der Waals surface area contributed by atoms with E-state index in [1.165, 1.54) is 0 Å². The fourth-order valence-electron chi connectivity index (χ4n) is 1.05. The maximum atomic E-state index is 9.09. The summed E-state index contributed by atoms with van der Waals surface area (Å²) in [6, 6.07) is 0. The van der Waals surface area contributed by atoms with E-state index in [1.54, 1.807) is 0 Å². The van der Waals surface area contributed by atoms with Crippen LogP contribution in [0.4, 0.5) is 0 Å². The first kappa shape index (κ1) is 10.9. The van der Waals surface area contributed by atoms with E-state index in [2.05, 4.69) is 18.7 Å². The summed E-state index contributed by atoms with van der Waals surface area (Å²) in [5, 5.41) is 17.7. The molecule has 0 aliphatic rings. The van der Waals surface area contributed by atoms with Crippen LogP contribution in [-0.2, 0) is 0 Å². The predicted octanol–water partition coefficient (Wildman–Crippen LogP) is 0.0715. The van der Waals surface area contributed by atoms with Crippen molar-refractivity contribution in [2.45, 2.75) is 26.4 Å². The number of aliphatic hydroxyl groups excluding tert-OH is 2. The average Bonchev–Trinajstić information content (AvgIpc) is 2.03. The summed E-state index contributed by atoms with van der Waals surface area (Å²) in [7, 11) is 0. The number of hydrogen-bond donors (Lipinski definition) is 2. The van der Waals surface area contributed by atoms with Gasteiger partial charge in [-0.3, -0.25) is 0 Å². The van der Waals surface area contributed by atoms with Crippen molar-refractivity contribution in [1.82, 2.24) is 4.90 Å². The van der Waals surface area contributed by atoms with E-state index in [9.17, 15) is 0 Å². The van der Waals surface area contributed by atoms with Gasteiger partial charge in [0.25, 0.3) is 0 Å². The molecule has 1 unspecified atom stereocenters. The molecule has 0 aliphatic heterocycles. The molecule has 2 N–H and O–H groups in total. The standard InChI is InChI=1S/C8H19NO2/c1-3-5-9(4-2)6-8(11)7-10/h8,10-11H,3-7H2,1-2H3. The molecule has 1 atom stereocenters. The second kappa shape index (κ2) is 6.58. The fourth-order valence-corrected chi connectivity index (χ4v) is 1.05. The van der Waals surface area contributed by atoms with Gasteiger partial charge in [0.2, 0.25) is 0 Å². The minimum atomic E-state index is -0.582. The van der Waals surface area contributed by atoms with Gasteiger partial charge in [0.1, 0.15) is 0 Å². The average molecular weight is 161 g/mol. The van der Waals surface area contributed by atoms with Crippen molar-refractivity contribution >= 4 is 0 Å². The second-order valence-electron chi connectivity index (χ2n) is 2.73. The molecule has 0 bridgehead atoms. The molecule has 0 aromatic heterocycles. The van der Waals surface area contributed by atoms with E-state index in [0.29, 0.717) is 6.54 Å². The number of likely N-dealkylation sites (N-methyl/N-ethyl adjacent to an activating group) is 1. The number of aliphatic hydroxyl groups is 2. The van der Waals surface area contributed by atoms with Crippen molar-refractivity contribution in [3.8, 4) is 0 Å². The van der Waals surface area contributed by atoms with E-state index in [4.69, 9.17) is 10.2 Å². The molecule has 0 aromatic rings. The van der Waals surface area contributed by atoms with E-state index < -0.39 is 6.10 Å². The summed E-state index contributed by atoms with van der Waals surface area (Å²) in [6.45, 7) is 6.53. The molecule has 0 aromatic carbocycles. The fraction of sp³-hybridized carbons (Fsp3) is 1.00. The summed E-state index contributed by atoms with van der Waals surface area (Å²) in [5.41, 5.74) is 0. The Kier molecular flexibility index (Phi) is 6.51. The Morgan fingerprint density at radius 2 is 2.00 bits per heavy atom. The Bertz CT molecular complexity index is 88.2. The lowest BCUT2D eigenvalue weighted by Gasteiger charge is -2.21. The van der Waals surface area contributed by atoms with Gasteiger partial charge in [-0.15, -0.1) is 0 Å². The van der Waals surface area contributed by atoms with Gasteiger partial charge in [-0.25, -0.2) is 0 Å². The van der Waals surface area contributed by atoms with Gasteiger partial charge >= 0.3 is 0 Å². The molecule has 0 heterocycles. The third kappa shape index (κ3) is 5.18. The van der Waals surface area contributed by atoms with Gasteiger partial charge in [-0.1, -0.05) is 13.8 Å². The van der Waals surface area contributed by atoms with Gasteiger partial charge < -0.3 is 15.1 Å². The minimum Gasteiger partial charge on any atom is -0.394 e. The van der Waals surface area contributed by atoms with Crippen LogP contribution in [0, 0.1) is 0 Å². The smallest absolute Gasteiger partial charge is 0.0897 e. The highest BCUT2D eigenvalue weighted by atomic mass is 16.3. The maximum absolute atomic E-state index is 9.09. The maximum Gasteiger partial charge on any atom is 0.0897 e. The lowest BCUT2D eigenvalue weighted by Crippen LogP contribution is -2.34. The molecule has 0 rings (SSSR count). The van der Waals surface area contributed by atoms with Gasteiger partial charge in [0.05, 0.1) is 12.7 Å². The van der Waals surface area contributed by atoms with Crippen LogP contribution < -0.4 is 0 Å². The first-order valence-corrected chi connectivity index (χ1v) is 4.25. The highest BCUT2D eigenvalue weighted by Gasteiger charge is 2.07. The number of hydrogen-bond acceptors (Lipinski definition) is 3. The van der Waals surface area contributed by atoms with Gasteiger partial charge in [-0.2, -0.15) is 0 Å². The minimum absolute atomic E-state index is 0.139. The third-order valence-electron chi connectivity index (χ3n) is 1.67. The number of nitrogens with zero attached hydrogens (tertiary/aromatic N) is 1. The first-order valence-electron chi connectivity index (χ1n) is 4.25. The van der Waals surface area contributed by atoms with Crippen LogP contribution in [-0.4, -0.2) is 47.5 Å². The van der Waals surface area contributed by atoms with E-state index in [-0.39, 0.29) is 6.61 Å². The van der Waals surface area contributed by atoms with Gasteiger partial charge in [0, 0.05) is 6.54 Å². The Labute approximate surface area is 68.6 Å². The zero-order chi connectivity index (χ0) is 8.69. The monoisotopic (exact) mass is 161 g/mol. The van der Waals surface area contributed by atoms with Crippen LogP contribution in [0.2, 0.25) is 0 Å². The van der Waals surface area contributed by atoms with Crippen LogP contribution in [0.15, 0.2) is 0 Å². The van der Waals surface area contributed by atoms with Gasteiger partial charge in [0.15, 0.2) is 0 Å². The quantitative estimate of drug-likeness (QED) is 0.579. The van der Waals surface area contributed by atoms with E-state index >= 15 is 0 Å². The summed E-state index contributed by atoms with van der Waals surface area (Å²) in [6.07, 6.45) is 0.507. The van der Waals surface area contributed by atoms with E-state index in [1.807, 2.05) is 0 Å². The largest absolute Gasteiger partial charge is 0.394 e. The Hall–Kier alpha value is -0.120. The SMILES string of the molecule is CCCN(CC)CC(O)CO. The van der Waals surface area contributed by atoms with Crippen molar-refractivity contribution in [1.29, 1.82) is 0 Å². The highest BCUT2D eigenvalue weighted by molar-refractivity contribution is 4.61. The normalized spacial score (nSPS) is 13.9. The molecule has 0 radical (unpaired) electrons. The molecule has 0 saturated carbocycles. The summed E-state index contributed by atoms with van der Waals surface area (Å²) in [4.78, 5) is 2.13. The highest BCUT2D eigenvalue weighted by Crippen LogP contribution is 1.93. The van der Waals surface area contributed by atoms with Crippen molar-refractivity contribution in [2.24, 2.45) is 0 Å². The zero-order valence-corrected chi connectivity index (χ0v) is 7.45. The van der Waals surface area contributed by atoms with E-state index in [0.717, 1.165) is 19.5 Å². The van der Waals surface area contributed by atoms with Crippen molar-refractivity contribution in [3.05, 3.63) is 0 Å². The number of rotatable bonds is 6. The zero-order valence-electron chi connectivity index (χ0n) is 7.45. The Morgan fingerprint density at radius 1 is 1.36 bits per heavy atom.